The standard InChI is InChI=1S/C26H31NO2.ClH/c1-3-27(4-2)20-24(21-29-25-18-12-7-13-19-25)26(28,22-14-8-5-9-15-22)23-16-10-6-11-17-23;/h5-19,24,28H,3-4,20-21H2,1-2H3;1H. The lowest BCUT2D eigenvalue weighted by Crippen LogP contribution is -2.46. The molecule has 0 bridgehead atoms. The van der Waals surface area contributed by atoms with E-state index in [-0.39, 0.29) is 18.3 Å². The van der Waals surface area contributed by atoms with Crippen molar-refractivity contribution >= 4 is 12.4 Å². The van der Waals surface area contributed by atoms with Crippen LogP contribution in [0.5, 0.6) is 5.75 Å². The second kappa shape index (κ2) is 11.8. The Balaban J connectivity index is 0.00000320. The molecular formula is C26H32ClNO2. The SMILES string of the molecule is CCN(CC)CC(COc1ccccc1)C(O)(c1ccccc1)c1ccccc1.Cl. The molecule has 160 valence electrons. The Morgan fingerprint density at radius 2 is 1.20 bits per heavy atom. The van der Waals surface area contributed by atoms with Crippen molar-refractivity contribution in [3.8, 4) is 5.75 Å². The average Bonchev–Trinajstić information content (AvgIpc) is 2.80. The number of hydrogen-bond acceptors (Lipinski definition) is 3. The topological polar surface area (TPSA) is 32.7 Å². The molecular weight excluding hydrogens is 394 g/mol. The lowest BCUT2D eigenvalue weighted by atomic mass is 9.76. The second-order valence-corrected chi connectivity index (χ2v) is 7.31. The summed E-state index contributed by atoms with van der Waals surface area (Å²) in [5, 5.41) is 12.2. The van der Waals surface area contributed by atoms with Crippen molar-refractivity contribution in [2.24, 2.45) is 5.92 Å². The number of halogens is 1. The van der Waals surface area contributed by atoms with E-state index in [2.05, 4.69) is 18.7 Å². The van der Waals surface area contributed by atoms with Gasteiger partial charge in [-0.15, -0.1) is 12.4 Å². The minimum absolute atomic E-state index is 0. The van der Waals surface area contributed by atoms with Crippen molar-refractivity contribution in [3.63, 3.8) is 0 Å². The molecule has 3 nitrogen and oxygen atoms in total. The summed E-state index contributed by atoms with van der Waals surface area (Å²) in [5.74, 6) is 0.674. The van der Waals surface area contributed by atoms with Gasteiger partial charge in [-0.25, -0.2) is 0 Å². The van der Waals surface area contributed by atoms with E-state index in [0.717, 1.165) is 36.5 Å². The van der Waals surface area contributed by atoms with Gasteiger partial charge in [-0.1, -0.05) is 92.7 Å². The number of aliphatic hydroxyl groups is 1. The van der Waals surface area contributed by atoms with Crippen LogP contribution in [0.15, 0.2) is 91.0 Å². The lowest BCUT2D eigenvalue weighted by molar-refractivity contribution is -0.0196. The number of hydrogen-bond donors (Lipinski definition) is 1. The maximum atomic E-state index is 12.2. The first kappa shape index (κ1) is 23.9. The van der Waals surface area contributed by atoms with Crippen LogP contribution in [0.4, 0.5) is 0 Å². The van der Waals surface area contributed by atoms with Gasteiger partial charge in [-0.05, 0) is 36.3 Å². The smallest absolute Gasteiger partial charge is 0.122 e. The first-order chi connectivity index (χ1) is 14.2. The zero-order chi connectivity index (χ0) is 20.5. The Morgan fingerprint density at radius 3 is 1.63 bits per heavy atom. The van der Waals surface area contributed by atoms with Gasteiger partial charge in [0.1, 0.15) is 11.4 Å². The van der Waals surface area contributed by atoms with E-state index in [1.54, 1.807) is 0 Å². The van der Waals surface area contributed by atoms with Crippen LogP contribution in [0, 0.1) is 5.92 Å². The molecule has 0 aliphatic heterocycles. The summed E-state index contributed by atoms with van der Waals surface area (Å²) in [6.07, 6.45) is 0. The number of nitrogens with zero attached hydrogens (tertiary/aromatic N) is 1. The predicted octanol–water partition coefficient (Wildman–Crippen LogP) is 5.38. The highest BCUT2D eigenvalue weighted by atomic mass is 35.5. The summed E-state index contributed by atoms with van der Waals surface area (Å²) in [5.41, 5.74) is 0.625. The monoisotopic (exact) mass is 425 g/mol. The molecule has 0 fully saturated rings. The minimum Gasteiger partial charge on any atom is -0.493 e. The van der Waals surface area contributed by atoms with Gasteiger partial charge < -0.3 is 14.7 Å². The molecule has 0 aliphatic carbocycles. The Bertz CT molecular complexity index is 799. The molecule has 1 atom stereocenters. The molecule has 0 heterocycles. The Hall–Kier alpha value is -2.33. The van der Waals surface area contributed by atoms with Crippen LogP contribution in [0.1, 0.15) is 25.0 Å². The molecule has 0 saturated carbocycles. The van der Waals surface area contributed by atoms with E-state index in [1.807, 2.05) is 91.0 Å². The minimum atomic E-state index is -1.15. The zero-order valence-corrected chi connectivity index (χ0v) is 18.6. The second-order valence-electron chi connectivity index (χ2n) is 7.31. The first-order valence-corrected chi connectivity index (χ1v) is 10.4. The molecule has 3 rings (SSSR count). The number of benzene rings is 3. The van der Waals surface area contributed by atoms with Gasteiger partial charge in [-0.3, -0.25) is 0 Å². The molecule has 0 aromatic heterocycles. The maximum absolute atomic E-state index is 12.2. The van der Waals surface area contributed by atoms with E-state index < -0.39 is 5.60 Å². The largest absolute Gasteiger partial charge is 0.493 e. The fourth-order valence-corrected chi connectivity index (χ4v) is 3.83. The van der Waals surface area contributed by atoms with E-state index in [4.69, 9.17) is 4.74 Å². The van der Waals surface area contributed by atoms with Gasteiger partial charge in [0.2, 0.25) is 0 Å². The van der Waals surface area contributed by atoms with Crippen molar-refractivity contribution in [2.75, 3.05) is 26.2 Å². The van der Waals surface area contributed by atoms with Crippen LogP contribution in [-0.4, -0.2) is 36.2 Å². The van der Waals surface area contributed by atoms with Gasteiger partial charge in [-0.2, -0.15) is 0 Å². The van der Waals surface area contributed by atoms with Crippen LogP contribution in [0.25, 0.3) is 0 Å². The summed E-state index contributed by atoms with van der Waals surface area (Å²) in [4.78, 5) is 2.34. The quantitative estimate of drug-likeness (QED) is 0.473. The van der Waals surface area contributed by atoms with Gasteiger partial charge in [0, 0.05) is 12.5 Å². The molecule has 3 aromatic carbocycles. The van der Waals surface area contributed by atoms with Crippen LogP contribution in [-0.2, 0) is 5.60 Å². The van der Waals surface area contributed by atoms with E-state index in [0.29, 0.717) is 6.61 Å². The number of para-hydroxylation sites is 1. The molecule has 4 heteroatoms. The zero-order valence-electron chi connectivity index (χ0n) is 17.8. The highest BCUT2D eigenvalue weighted by molar-refractivity contribution is 5.85. The van der Waals surface area contributed by atoms with E-state index in [9.17, 15) is 5.11 Å². The van der Waals surface area contributed by atoms with E-state index in [1.165, 1.54) is 0 Å². The fourth-order valence-electron chi connectivity index (χ4n) is 3.83. The predicted molar refractivity (Wildman–Crippen MR) is 126 cm³/mol. The summed E-state index contributed by atoms with van der Waals surface area (Å²) in [6, 6.07) is 29.7. The van der Waals surface area contributed by atoms with E-state index >= 15 is 0 Å². The van der Waals surface area contributed by atoms with Crippen LogP contribution < -0.4 is 4.74 Å². The van der Waals surface area contributed by atoms with Crippen molar-refractivity contribution in [3.05, 3.63) is 102 Å². The van der Waals surface area contributed by atoms with Gasteiger partial charge in [0.15, 0.2) is 0 Å². The third-order valence-electron chi connectivity index (χ3n) is 5.59. The number of ether oxygens (including phenoxy) is 1. The van der Waals surface area contributed by atoms with Gasteiger partial charge in [0.05, 0.1) is 6.61 Å². The van der Waals surface area contributed by atoms with Crippen molar-refractivity contribution in [2.45, 2.75) is 19.4 Å². The maximum Gasteiger partial charge on any atom is 0.122 e. The molecule has 0 aliphatic rings. The normalized spacial score (nSPS) is 12.3. The molecule has 3 aromatic rings. The number of rotatable bonds is 10. The molecule has 0 radical (unpaired) electrons. The Kier molecular flexibility index (Phi) is 9.38. The fraction of sp³-hybridized carbons (Fsp3) is 0.308. The third-order valence-corrected chi connectivity index (χ3v) is 5.59. The van der Waals surface area contributed by atoms with Crippen molar-refractivity contribution < 1.29 is 9.84 Å². The van der Waals surface area contributed by atoms with Gasteiger partial charge >= 0.3 is 0 Å². The summed E-state index contributed by atoms with van der Waals surface area (Å²) < 4.78 is 6.16. The van der Waals surface area contributed by atoms with Crippen molar-refractivity contribution in [1.29, 1.82) is 0 Å². The molecule has 0 saturated heterocycles. The molecule has 0 amide bonds. The van der Waals surface area contributed by atoms with Crippen LogP contribution >= 0.6 is 12.4 Å². The molecule has 1 unspecified atom stereocenters. The van der Waals surface area contributed by atoms with Crippen LogP contribution in [0.2, 0.25) is 0 Å². The van der Waals surface area contributed by atoms with Gasteiger partial charge in [0.25, 0.3) is 0 Å². The van der Waals surface area contributed by atoms with Crippen molar-refractivity contribution in [1.82, 2.24) is 4.90 Å². The third kappa shape index (κ3) is 5.63. The summed E-state index contributed by atoms with van der Waals surface area (Å²) in [6.45, 7) is 7.32. The molecule has 1 N–H and O–H groups in total. The highest BCUT2D eigenvalue weighted by Gasteiger charge is 2.41. The summed E-state index contributed by atoms with van der Waals surface area (Å²) >= 11 is 0. The van der Waals surface area contributed by atoms with Crippen LogP contribution in [0.3, 0.4) is 0 Å². The first-order valence-electron chi connectivity index (χ1n) is 10.4. The Labute approximate surface area is 186 Å². The average molecular weight is 426 g/mol. The molecule has 0 spiro atoms. The summed E-state index contributed by atoms with van der Waals surface area (Å²) in [7, 11) is 0. The lowest BCUT2D eigenvalue weighted by Gasteiger charge is -2.39. The molecule has 30 heavy (non-hydrogen) atoms. The Morgan fingerprint density at radius 1 is 0.767 bits per heavy atom. The highest BCUT2D eigenvalue weighted by Crippen LogP contribution is 2.38.